The van der Waals surface area contributed by atoms with Crippen LogP contribution in [0.1, 0.15) is 34.2 Å². The molecule has 0 saturated heterocycles. The fraction of sp³-hybridized carbons (Fsp3) is 0.500. The maximum absolute atomic E-state index is 12.4. The third-order valence-corrected chi connectivity index (χ3v) is 4.40. The molecule has 0 aliphatic heterocycles. The number of hydrogen-bond acceptors (Lipinski definition) is 6. The lowest BCUT2D eigenvalue weighted by Gasteiger charge is -2.08. The molecule has 120 valence electrons. The zero-order valence-electron chi connectivity index (χ0n) is 13.5. The van der Waals surface area contributed by atoms with Gasteiger partial charge in [0.05, 0.1) is 36.2 Å². The van der Waals surface area contributed by atoms with Crippen LogP contribution < -0.4 is 15.4 Å². The first-order valence-electron chi connectivity index (χ1n) is 7.04. The van der Waals surface area contributed by atoms with Gasteiger partial charge in [-0.1, -0.05) is 6.92 Å². The van der Waals surface area contributed by atoms with Gasteiger partial charge in [0.25, 0.3) is 5.91 Å². The number of amides is 1. The summed E-state index contributed by atoms with van der Waals surface area (Å²) in [6.07, 6.45) is 0.781. The first-order chi connectivity index (χ1) is 10.5. The van der Waals surface area contributed by atoms with E-state index in [2.05, 4.69) is 20.1 Å². The fourth-order valence-corrected chi connectivity index (χ4v) is 3.13. The van der Waals surface area contributed by atoms with E-state index in [1.165, 1.54) is 11.5 Å². The molecule has 0 aliphatic carbocycles. The van der Waals surface area contributed by atoms with Crippen molar-refractivity contribution >= 4 is 22.4 Å². The van der Waals surface area contributed by atoms with Gasteiger partial charge in [0.2, 0.25) is 5.88 Å². The Balaban J connectivity index is 2.20. The van der Waals surface area contributed by atoms with Crippen molar-refractivity contribution in [3.05, 3.63) is 22.5 Å². The van der Waals surface area contributed by atoms with Gasteiger partial charge in [0.1, 0.15) is 5.00 Å². The highest BCUT2D eigenvalue weighted by Gasteiger charge is 2.20. The smallest absolute Gasteiger partial charge is 0.256 e. The van der Waals surface area contributed by atoms with E-state index in [0.717, 1.165) is 28.4 Å². The van der Waals surface area contributed by atoms with Crippen LogP contribution in [0.15, 0.2) is 0 Å². The largest absolute Gasteiger partial charge is 0.481 e. The Morgan fingerprint density at radius 2 is 2.18 bits per heavy atom. The molecule has 0 spiro atoms. The molecule has 22 heavy (non-hydrogen) atoms. The minimum Gasteiger partial charge on any atom is -0.481 e. The van der Waals surface area contributed by atoms with Crippen molar-refractivity contribution in [2.45, 2.75) is 26.8 Å². The molecule has 0 bridgehead atoms. The van der Waals surface area contributed by atoms with Crippen LogP contribution >= 0.6 is 11.5 Å². The molecule has 0 saturated carbocycles. The molecule has 0 radical (unpaired) electrons. The molecule has 0 atom stereocenters. The molecule has 0 aromatic carbocycles. The number of ether oxygens (including phenoxy) is 1. The number of carbonyl (C=O) groups is 1. The average Bonchev–Trinajstić information content (AvgIpc) is 3.03. The Kier molecular flexibility index (Phi) is 5.02. The van der Waals surface area contributed by atoms with Gasteiger partial charge in [0.15, 0.2) is 0 Å². The highest BCUT2D eigenvalue weighted by atomic mass is 32.1. The lowest BCUT2D eigenvalue weighted by Crippen LogP contribution is -2.24. The number of aryl methyl sites for hydroxylation is 3. The summed E-state index contributed by atoms with van der Waals surface area (Å²) in [5.74, 6) is 0.523. The Labute approximate surface area is 133 Å². The van der Waals surface area contributed by atoms with Crippen molar-refractivity contribution in [2.24, 2.45) is 7.05 Å². The number of aromatic nitrogens is 3. The van der Waals surface area contributed by atoms with E-state index in [-0.39, 0.29) is 5.91 Å². The Morgan fingerprint density at radius 3 is 2.77 bits per heavy atom. The van der Waals surface area contributed by atoms with Gasteiger partial charge in [0, 0.05) is 14.1 Å². The lowest BCUT2D eigenvalue weighted by atomic mass is 10.2. The quantitative estimate of drug-likeness (QED) is 0.846. The molecular formula is C14H21N5O2S. The van der Waals surface area contributed by atoms with Crippen LogP contribution in [0.2, 0.25) is 0 Å². The summed E-state index contributed by atoms with van der Waals surface area (Å²) in [6.45, 7) is 4.23. The minimum absolute atomic E-state index is 0.149. The fourth-order valence-electron chi connectivity index (χ4n) is 2.39. The molecular weight excluding hydrogens is 302 g/mol. The van der Waals surface area contributed by atoms with Crippen LogP contribution in [0.4, 0.5) is 5.00 Å². The first kappa shape index (κ1) is 16.3. The second kappa shape index (κ2) is 6.78. The van der Waals surface area contributed by atoms with Crippen LogP contribution in [0.25, 0.3) is 0 Å². The van der Waals surface area contributed by atoms with Crippen molar-refractivity contribution in [3.8, 4) is 5.88 Å². The maximum atomic E-state index is 12.4. The number of hydrogen-bond donors (Lipinski definition) is 2. The molecule has 2 N–H and O–H groups in total. The molecule has 2 heterocycles. The second-order valence-corrected chi connectivity index (χ2v) is 5.59. The normalized spacial score (nSPS) is 10.6. The number of nitrogens with one attached hydrogen (secondary N) is 2. The first-order valence-corrected chi connectivity index (χ1v) is 7.81. The van der Waals surface area contributed by atoms with Gasteiger partial charge >= 0.3 is 0 Å². The van der Waals surface area contributed by atoms with Crippen LogP contribution in [0, 0.1) is 6.92 Å². The molecule has 2 aromatic rings. The van der Waals surface area contributed by atoms with Crippen molar-refractivity contribution in [2.75, 3.05) is 19.5 Å². The molecule has 7 nitrogen and oxygen atoms in total. The van der Waals surface area contributed by atoms with Gasteiger partial charge in [-0.3, -0.25) is 4.79 Å². The van der Waals surface area contributed by atoms with E-state index in [1.54, 1.807) is 18.8 Å². The predicted molar refractivity (Wildman–Crippen MR) is 86.7 cm³/mol. The van der Waals surface area contributed by atoms with Crippen LogP contribution in [0.3, 0.4) is 0 Å². The van der Waals surface area contributed by atoms with E-state index in [0.29, 0.717) is 18.0 Å². The summed E-state index contributed by atoms with van der Waals surface area (Å²) < 4.78 is 11.3. The highest BCUT2D eigenvalue weighted by Crippen LogP contribution is 2.25. The van der Waals surface area contributed by atoms with E-state index in [4.69, 9.17) is 4.74 Å². The highest BCUT2D eigenvalue weighted by molar-refractivity contribution is 7.10. The molecule has 0 aliphatic rings. The molecule has 2 aromatic heterocycles. The third kappa shape index (κ3) is 2.92. The molecule has 8 heteroatoms. The SMILES string of the molecule is CCc1nn(C)c(OC)c1CNC(=O)c1c(C)nsc1NC. The molecule has 0 fully saturated rings. The second-order valence-electron chi connectivity index (χ2n) is 4.82. The van der Waals surface area contributed by atoms with Crippen LogP contribution in [-0.4, -0.2) is 34.2 Å². The zero-order valence-corrected chi connectivity index (χ0v) is 14.3. The summed E-state index contributed by atoms with van der Waals surface area (Å²) in [5.41, 5.74) is 3.15. The maximum Gasteiger partial charge on any atom is 0.256 e. The van der Waals surface area contributed by atoms with E-state index in [9.17, 15) is 4.79 Å². The minimum atomic E-state index is -0.149. The predicted octanol–water partition coefficient (Wildman–Crippen LogP) is 1.73. The Hall–Kier alpha value is -2.09. The lowest BCUT2D eigenvalue weighted by molar-refractivity contribution is 0.0951. The number of anilines is 1. The molecule has 0 unspecified atom stereocenters. The summed E-state index contributed by atoms with van der Waals surface area (Å²) in [5, 5.41) is 11.1. The van der Waals surface area contributed by atoms with Crippen molar-refractivity contribution < 1.29 is 9.53 Å². The zero-order chi connectivity index (χ0) is 16.3. The van der Waals surface area contributed by atoms with E-state index >= 15 is 0 Å². The van der Waals surface area contributed by atoms with E-state index in [1.807, 2.05) is 20.9 Å². The standard InChI is InChI=1S/C14H21N5O2S/c1-6-10-9(14(21-5)19(4)17-10)7-16-12(20)11-8(2)18-22-13(11)15-3/h15H,6-7H2,1-5H3,(H,16,20). The van der Waals surface area contributed by atoms with Crippen molar-refractivity contribution in [3.63, 3.8) is 0 Å². The number of rotatable bonds is 6. The van der Waals surface area contributed by atoms with Gasteiger partial charge in [-0.2, -0.15) is 9.47 Å². The van der Waals surface area contributed by atoms with Crippen LogP contribution in [0.5, 0.6) is 5.88 Å². The van der Waals surface area contributed by atoms with Crippen LogP contribution in [-0.2, 0) is 20.0 Å². The monoisotopic (exact) mass is 323 g/mol. The molecule has 2 rings (SSSR count). The number of nitrogens with zero attached hydrogens (tertiary/aromatic N) is 3. The van der Waals surface area contributed by atoms with Crippen molar-refractivity contribution in [1.82, 2.24) is 19.5 Å². The van der Waals surface area contributed by atoms with Gasteiger partial charge < -0.3 is 15.4 Å². The average molecular weight is 323 g/mol. The topological polar surface area (TPSA) is 81.1 Å². The number of carbonyl (C=O) groups excluding carboxylic acids is 1. The Bertz CT molecular complexity index is 677. The van der Waals surface area contributed by atoms with E-state index < -0.39 is 0 Å². The third-order valence-electron chi connectivity index (χ3n) is 3.44. The summed E-state index contributed by atoms with van der Waals surface area (Å²) in [7, 11) is 5.21. The summed E-state index contributed by atoms with van der Waals surface area (Å²) in [4.78, 5) is 12.4. The van der Waals surface area contributed by atoms with Gasteiger partial charge in [-0.15, -0.1) is 0 Å². The van der Waals surface area contributed by atoms with Gasteiger partial charge in [-0.05, 0) is 24.9 Å². The summed E-state index contributed by atoms with van der Waals surface area (Å²) >= 11 is 1.28. The van der Waals surface area contributed by atoms with Crippen molar-refractivity contribution in [1.29, 1.82) is 0 Å². The summed E-state index contributed by atoms with van der Waals surface area (Å²) in [6, 6.07) is 0. The molecule has 1 amide bonds. The number of methoxy groups -OCH3 is 1. The Morgan fingerprint density at radius 1 is 1.45 bits per heavy atom. The van der Waals surface area contributed by atoms with Gasteiger partial charge in [-0.25, -0.2) is 4.68 Å².